The van der Waals surface area contributed by atoms with Crippen LogP contribution in [0.25, 0.3) is 0 Å². The third kappa shape index (κ3) is 3.81. The molecule has 1 aliphatic rings. The van der Waals surface area contributed by atoms with Crippen molar-refractivity contribution in [2.24, 2.45) is 0 Å². The lowest BCUT2D eigenvalue weighted by atomic mass is 9.98. The first-order chi connectivity index (χ1) is 5.83. The van der Waals surface area contributed by atoms with Gasteiger partial charge in [-0.05, 0) is 19.3 Å². The van der Waals surface area contributed by atoms with Crippen LogP contribution < -0.4 is 0 Å². The summed E-state index contributed by atoms with van der Waals surface area (Å²) in [7, 11) is 0. The van der Waals surface area contributed by atoms with Crippen molar-refractivity contribution in [2.45, 2.75) is 56.8 Å². The van der Waals surface area contributed by atoms with E-state index in [0.717, 1.165) is 13.0 Å². The Labute approximate surface area is 81.3 Å². The molecule has 1 radical (unpaired) electrons. The summed E-state index contributed by atoms with van der Waals surface area (Å²) in [5.74, 6) is 0. The minimum Gasteiger partial charge on any atom is -0.377 e. The Balaban J connectivity index is 2.05. The minimum absolute atomic E-state index is 0.326. The van der Waals surface area contributed by atoms with Gasteiger partial charge in [-0.3, -0.25) is 0 Å². The molecular formula is C10H19OS. The van der Waals surface area contributed by atoms with E-state index in [2.05, 4.69) is 6.92 Å². The first-order valence-electron chi connectivity index (χ1n) is 5.10. The van der Waals surface area contributed by atoms with Crippen LogP contribution in [0, 0.1) is 0 Å². The zero-order valence-electron chi connectivity index (χ0n) is 7.92. The largest absolute Gasteiger partial charge is 0.377 e. The van der Waals surface area contributed by atoms with Crippen molar-refractivity contribution in [3.8, 4) is 0 Å². The van der Waals surface area contributed by atoms with Crippen molar-refractivity contribution >= 4 is 12.6 Å². The van der Waals surface area contributed by atoms with Crippen LogP contribution in [-0.2, 0) is 4.74 Å². The molecule has 1 atom stereocenters. The van der Waals surface area contributed by atoms with E-state index in [9.17, 15) is 0 Å². The Bertz CT molecular complexity index is 110. The third-order valence-electron chi connectivity index (χ3n) is 2.53. The summed E-state index contributed by atoms with van der Waals surface area (Å²) >= 11 is 5.18. The molecule has 1 unspecified atom stereocenters. The lowest BCUT2D eigenvalue weighted by Gasteiger charge is -2.22. The maximum Gasteiger partial charge on any atom is 0.0597 e. The molecule has 1 nitrogen and oxygen atoms in total. The van der Waals surface area contributed by atoms with E-state index in [0.29, 0.717) is 11.4 Å². The number of hydrogen-bond acceptors (Lipinski definition) is 1. The fraction of sp³-hybridized carbons (Fsp3) is 1.00. The lowest BCUT2D eigenvalue weighted by molar-refractivity contribution is 0.0293. The van der Waals surface area contributed by atoms with E-state index >= 15 is 0 Å². The average Bonchev–Trinajstić information content (AvgIpc) is 2.16. The molecule has 1 fully saturated rings. The Morgan fingerprint density at radius 1 is 1.33 bits per heavy atom. The summed E-state index contributed by atoms with van der Waals surface area (Å²) in [5, 5.41) is 0.326. The molecule has 1 rings (SSSR count). The zero-order chi connectivity index (χ0) is 8.81. The Kier molecular flexibility index (Phi) is 5.08. The van der Waals surface area contributed by atoms with Gasteiger partial charge in [-0.25, -0.2) is 0 Å². The predicted molar refractivity (Wildman–Crippen MR) is 54.5 cm³/mol. The molecule has 0 aromatic rings. The maximum atomic E-state index is 5.73. The topological polar surface area (TPSA) is 9.23 Å². The molecule has 0 spiro atoms. The SMILES string of the molecule is CCC([S])COC1CCCCC1. The summed E-state index contributed by atoms with van der Waals surface area (Å²) in [5.41, 5.74) is 0. The number of ether oxygens (including phenoxy) is 1. The van der Waals surface area contributed by atoms with E-state index < -0.39 is 0 Å². The highest BCUT2D eigenvalue weighted by Crippen LogP contribution is 2.20. The average molecular weight is 187 g/mol. The van der Waals surface area contributed by atoms with Gasteiger partial charge in [0.2, 0.25) is 0 Å². The molecule has 1 saturated carbocycles. The van der Waals surface area contributed by atoms with Crippen molar-refractivity contribution in [1.29, 1.82) is 0 Å². The zero-order valence-corrected chi connectivity index (χ0v) is 8.74. The van der Waals surface area contributed by atoms with Gasteiger partial charge in [-0.2, -0.15) is 0 Å². The summed E-state index contributed by atoms with van der Waals surface area (Å²) in [6.45, 7) is 2.92. The van der Waals surface area contributed by atoms with Crippen LogP contribution in [0.2, 0.25) is 0 Å². The molecule has 1 aliphatic carbocycles. The van der Waals surface area contributed by atoms with E-state index in [1.54, 1.807) is 0 Å². The smallest absolute Gasteiger partial charge is 0.0597 e. The first-order valence-corrected chi connectivity index (χ1v) is 5.57. The summed E-state index contributed by atoms with van der Waals surface area (Å²) in [6.07, 6.45) is 8.18. The second-order valence-electron chi connectivity index (χ2n) is 3.62. The molecule has 0 amide bonds. The van der Waals surface area contributed by atoms with Gasteiger partial charge in [-0.15, -0.1) is 0 Å². The van der Waals surface area contributed by atoms with Crippen LogP contribution >= 0.6 is 12.6 Å². The molecule has 0 bridgehead atoms. The van der Waals surface area contributed by atoms with Crippen molar-refractivity contribution in [2.75, 3.05) is 6.61 Å². The van der Waals surface area contributed by atoms with Crippen LogP contribution in [-0.4, -0.2) is 18.0 Å². The second-order valence-corrected chi connectivity index (χ2v) is 4.29. The molecule has 0 aromatic carbocycles. The summed E-state index contributed by atoms with van der Waals surface area (Å²) < 4.78 is 5.73. The standard InChI is InChI=1S/C10H19OS/c1-2-10(12)8-11-9-6-4-3-5-7-9/h9-10H,2-8H2,1H3. The molecular weight excluding hydrogens is 168 g/mol. The molecule has 0 saturated heterocycles. The molecule has 0 aliphatic heterocycles. The van der Waals surface area contributed by atoms with Gasteiger partial charge in [0.25, 0.3) is 0 Å². The van der Waals surface area contributed by atoms with E-state index in [1.165, 1.54) is 32.1 Å². The Morgan fingerprint density at radius 2 is 2.00 bits per heavy atom. The Hall–Kier alpha value is 0.310. The van der Waals surface area contributed by atoms with Crippen LogP contribution in [0.1, 0.15) is 45.4 Å². The fourth-order valence-corrected chi connectivity index (χ4v) is 1.67. The monoisotopic (exact) mass is 187 g/mol. The van der Waals surface area contributed by atoms with Crippen LogP contribution in [0.15, 0.2) is 0 Å². The van der Waals surface area contributed by atoms with Gasteiger partial charge in [0.1, 0.15) is 0 Å². The van der Waals surface area contributed by atoms with Gasteiger partial charge in [-0.1, -0.05) is 38.8 Å². The van der Waals surface area contributed by atoms with E-state index in [1.807, 2.05) is 0 Å². The highest BCUT2D eigenvalue weighted by molar-refractivity contribution is 7.81. The summed E-state index contributed by atoms with van der Waals surface area (Å²) in [6, 6.07) is 0. The third-order valence-corrected chi connectivity index (χ3v) is 2.99. The highest BCUT2D eigenvalue weighted by atomic mass is 32.1. The lowest BCUT2D eigenvalue weighted by Crippen LogP contribution is -2.20. The molecule has 2 heteroatoms. The number of hydrogen-bond donors (Lipinski definition) is 0. The van der Waals surface area contributed by atoms with Gasteiger partial charge >= 0.3 is 0 Å². The quantitative estimate of drug-likeness (QED) is 0.656. The van der Waals surface area contributed by atoms with Gasteiger partial charge in [0.05, 0.1) is 12.7 Å². The van der Waals surface area contributed by atoms with Gasteiger partial charge in [0.15, 0.2) is 0 Å². The van der Waals surface area contributed by atoms with Gasteiger partial charge < -0.3 is 4.74 Å². The number of rotatable bonds is 4. The first kappa shape index (κ1) is 10.4. The maximum absolute atomic E-state index is 5.73. The van der Waals surface area contributed by atoms with Crippen LogP contribution in [0.3, 0.4) is 0 Å². The highest BCUT2D eigenvalue weighted by Gasteiger charge is 2.14. The second kappa shape index (κ2) is 5.87. The van der Waals surface area contributed by atoms with Crippen molar-refractivity contribution in [3.63, 3.8) is 0 Å². The molecule has 0 N–H and O–H groups in total. The van der Waals surface area contributed by atoms with E-state index in [4.69, 9.17) is 17.4 Å². The van der Waals surface area contributed by atoms with E-state index in [-0.39, 0.29) is 0 Å². The molecule has 12 heavy (non-hydrogen) atoms. The molecule has 71 valence electrons. The molecule has 0 aromatic heterocycles. The van der Waals surface area contributed by atoms with Crippen LogP contribution in [0.4, 0.5) is 0 Å². The normalized spacial score (nSPS) is 22.5. The van der Waals surface area contributed by atoms with Crippen molar-refractivity contribution in [3.05, 3.63) is 0 Å². The van der Waals surface area contributed by atoms with Crippen LogP contribution in [0.5, 0.6) is 0 Å². The van der Waals surface area contributed by atoms with Gasteiger partial charge in [0, 0.05) is 5.25 Å². The minimum atomic E-state index is 0.326. The fourth-order valence-electron chi connectivity index (χ4n) is 1.59. The van der Waals surface area contributed by atoms with Crippen molar-refractivity contribution < 1.29 is 4.74 Å². The molecule has 0 heterocycles. The summed E-state index contributed by atoms with van der Waals surface area (Å²) in [4.78, 5) is 0. The predicted octanol–water partition coefficient (Wildman–Crippen LogP) is 3.31. The van der Waals surface area contributed by atoms with Crippen molar-refractivity contribution in [1.82, 2.24) is 0 Å². The Morgan fingerprint density at radius 3 is 2.58 bits per heavy atom.